The third kappa shape index (κ3) is 6.53. The molecular formula is C16H28IN7S. The second kappa shape index (κ2) is 10.0. The maximum Gasteiger partial charge on any atom is 0.191 e. The molecule has 0 aliphatic carbocycles. The van der Waals surface area contributed by atoms with Crippen molar-refractivity contribution in [3.05, 3.63) is 28.2 Å². The molecular weight excluding hydrogens is 449 g/mol. The van der Waals surface area contributed by atoms with Crippen molar-refractivity contribution in [1.82, 2.24) is 30.4 Å². The van der Waals surface area contributed by atoms with Crippen molar-refractivity contribution in [1.29, 1.82) is 0 Å². The molecule has 0 amide bonds. The molecule has 2 N–H and O–H groups in total. The Bertz CT molecular complexity index is 672. The summed E-state index contributed by atoms with van der Waals surface area (Å²) in [4.78, 5) is 8.93. The van der Waals surface area contributed by atoms with Gasteiger partial charge in [-0.15, -0.1) is 45.5 Å². The standard InChI is InChI=1S/C16H27N7S.HI/c1-6-13-22-20-11-23(13)8-7-18-15(17-5)19-9-12-10-24-14(21-12)16(2,3)4;/h10-11H,6-9H2,1-5H3,(H2,17,18,19);1H. The summed E-state index contributed by atoms with van der Waals surface area (Å²) in [5.74, 6) is 1.77. The Kier molecular flexibility index (Phi) is 8.77. The molecule has 0 unspecified atom stereocenters. The van der Waals surface area contributed by atoms with Gasteiger partial charge in [0.15, 0.2) is 5.96 Å². The van der Waals surface area contributed by atoms with E-state index in [1.54, 1.807) is 24.7 Å². The lowest BCUT2D eigenvalue weighted by molar-refractivity contribution is 0.582. The highest BCUT2D eigenvalue weighted by atomic mass is 127. The van der Waals surface area contributed by atoms with Crippen LogP contribution in [0.4, 0.5) is 0 Å². The molecule has 25 heavy (non-hydrogen) atoms. The van der Waals surface area contributed by atoms with Crippen LogP contribution in [0.1, 0.15) is 44.2 Å². The zero-order valence-electron chi connectivity index (χ0n) is 15.5. The average Bonchev–Trinajstić information content (AvgIpc) is 3.19. The highest BCUT2D eigenvalue weighted by Crippen LogP contribution is 2.25. The number of hydrogen-bond donors (Lipinski definition) is 2. The van der Waals surface area contributed by atoms with Gasteiger partial charge in [-0.1, -0.05) is 27.7 Å². The molecule has 2 aromatic heterocycles. The molecule has 0 fully saturated rings. The first kappa shape index (κ1) is 21.8. The van der Waals surface area contributed by atoms with E-state index in [0.29, 0.717) is 6.54 Å². The molecule has 0 aromatic carbocycles. The van der Waals surface area contributed by atoms with Crippen molar-refractivity contribution in [2.45, 2.75) is 52.6 Å². The fourth-order valence-electron chi connectivity index (χ4n) is 2.16. The zero-order chi connectivity index (χ0) is 17.6. The molecule has 140 valence electrons. The van der Waals surface area contributed by atoms with Crippen molar-refractivity contribution in [2.24, 2.45) is 4.99 Å². The predicted octanol–water partition coefficient (Wildman–Crippen LogP) is 2.58. The molecule has 0 bridgehead atoms. The quantitative estimate of drug-likeness (QED) is 0.380. The van der Waals surface area contributed by atoms with E-state index in [-0.39, 0.29) is 29.4 Å². The second-order valence-electron chi connectivity index (χ2n) is 6.54. The van der Waals surface area contributed by atoms with E-state index in [4.69, 9.17) is 0 Å². The zero-order valence-corrected chi connectivity index (χ0v) is 18.7. The number of nitrogens with one attached hydrogen (secondary N) is 2. The molecule has 7 nitrogen and oxygen atoms in total. The number of halogens is 1. The molecule has 0 radical (unpaired) electrons. The van der Waals surface area contributed by atoms with E-state index in [9.17, 15) is 0 Å². The first-order chi connectivity index (χ1) is 11.4. The average molecular weight is 477 g/mol. The van der Waals surface area contributed by atoms with Crippen molar-refractivity contribution in [3.63, 3.8) is 0 Å². The van der Waals surface area contributed by atoms with Gasteiger partial charge in [-0.25, -0.2) is 4.98 Å². The predicted molar refractivity (Wildman–Crippen MR) is 114 cm³/mol. The maximum atomic E-state index is 4.68. The highest BCUT2D eigenvalue weighted by Gasteiger charge is 2.17. The Morgan fingerprint density at radius 1 is 1.32 bits per heavy atom. The van der Waals surface area contributed by atoms with Crippen LogP contribution in [0.2, 0.25) is 0 Å². The molecule has 9 heteroatoms. The lowest BCUT2D eigenvalue weighted by atomic mass is 9.98. The summed E-state index contributed by atoms with van der Waals surface area (Å²) in [6, 6.07) is 0. The number of aryl methyl sites for hydroxylation is 1. The minimum Gasteiger partial charge on any atom is -0.355 e. The van der Waals surface area contributed by atoms with Gasteiger partial charge >= 0.3 is 0 Å². The number of guanidine groups is 1. The fraction of sp³-hybridized carbons (Fsp3) is 0.625. The Balaban J connectivity index is 0.00000312. The van der Waals surface area contributed by atoms with Gasteiger partial charge in [0.05, 0.1) is 17.2 Å². The molecule has 0 aliphatic rings. The van der Waals surface area contributed by atoms with Crippen molar-refractivity contribution in [2.75, 3.05) is 13.6 Å². The summed E-state index contributed by atoms with van der Waals surface area (Å²) in [6.45, 7) is 10.8. The monoisotopic (exact) mass is 477 g/mol. The first-order valence-corrected chi connectivity index (χ1v) is 9.08. The molecule has 0 saturated carbocycles. The molecule has 0 saturated heterocycles. The highest BCUT2D eigenvalue weighted by molar-refractivity contribution is 14.0. The first-order valence-electron chi connectivity index (χ1n) is 8.20. The van der Waals surface area contributed by atoms with Crippen molar-refractivity contribution in [3.8, 4) is 0 Å². The Hall–Kier alpha value is -1.23. The summed E-state index contributed by atoms with van der Waals surface area (Å²) in [5, 5.41) is 17.9. The van der Waals surface area contributed by atoms with E-state index < -0.39 is 0 Å². The van der Waals surface area contributed by atoms with Gasteiger partial charge in [0, 0.05) is 37.4 Å². The van der Waals surface area contributed by atoms with Crippen molar-refractivity contribution >= 4 is 41.3 Å². The molecule has 2 aromatic rings. The third-order valence-electron chi connectivity index (χ3n) is 3.51. The van der Waals surface area contributed by atoms with E-state index in [0.717, 1.165) is 42.0 Å². The number of hydrogen-bond acceptors (Lipinski definition) is 5. The minimum absolute atomic E-state index is 0. The summed E-state index contributed by atoms with van der Waals surface area (Å²) in [5.41, 5.74) is 1.14. The molecule has 0 aliphatic heterocycles. The van der Waals surface area contributed by atoms with Crippen LogP contribution < -0.4 is 10.6 Å². The van der Waals surface area contributed by atoms with Gasteiger partial charge in [-0.3, -0.25) is 4.99 Å². The van der Waals surface area contributed by atoms with Crippen LogP contribution in [0, 0.1) is 0 Å². The minimum atomic E-state index is 0. The fourth-order valence-corrected chi connectivity index (χ4v) is 3.07. The second-order valence-corrected chi connectivity index (χ2v) is 7.40. The molecule has 0 spiro atoms. The van der Waals surface area contributed by atoms with E-state index >= 15 is 0 Å². The topological polar surface area (TPSA) is 80.0 Å². The lowest BCUT2D eigenvalue weighted by Gasteiger charge is -2.14. The number of nitrogens with zero attached hydrogens (tertiary/aromatic N) is 5. The Labute approximate surface area is 170 Å². The third-order valence-corrected chi connectivity index (χ3v) is 4.83. The number of aromatic nitrogens is 4. The number of thiazole rings is 1. The van der Waals surface area contributed by atoms with Crippen LogP contribution in [0.15, 0.2) is 16.7 Å². The summed E-state index contributed by atoms with van der Waals surface area (Å²) >= 11 is 1.71. The summed E-state index contributed by atoms with van der Waals surface area (Å²) in [7, 11) is 1.77. The van der Waals surface area contributed by atoms with Crippen LogP contribution in [0.25, 0.3) is 0 Å². The summed E-state index contributed by atoms with van der Waals surface area (Å²) in [6.07, 6.45) is 2.65. The SMILES string of the molecule is CCc1nncn1CCNC(=NC)NCc1csc(C(C)(C)C)n1.I. The number of rotatable bonds is 6. The number of aliphatic imine (C=N–C) groups is 1. The smallest absolute Gasteiger partial charge is 0.191 e. The van der Waals surface area contributed by atoms with Crippen LogP contribution in [0.3, 0.4) is 0 Å². The Morgan fingerprint density at radius 3 is 2.68 bits per heavy atom. The Morgan fingerprint density at radius 2 is 2.08 bits per heavy atom. The van der Waals surface area contributed by atoms with Crippen molar-refractivity contribution < 1.29 is 0 Å². The summed E-state index contributed by atoms with van der Waals surface area (Å²) < 4.78 is 2.05. The van der Waals surface area contributed by atoms with E-state index in [1.165, 1.54) is 0 Å². The molecule has 2 rings (SSSR count). The van der Waals surface area contributed by atoms with Gasteiger partial charge < -0.3 is 15.2 Å². The maximum absolute atomic E-state index is 4.68. The normalized spacial score (nSPS) is 12.0. The van der Waals surface area contributed by atoms with Crippen LogP contribution in [-0.2, 0) is 24.9 Å². The van der Waals surface area contributed by atoms with Gasteiger partial charge in [-0.05, 0) is 0 Å². The molecule has 0 atom stereocenters. The van der Waals surface area contributed by atoms with Crippen LogP contribution in [-0.4, -0.2) is 39.3 Å². The van der Waals surface area contributed by atoms with Crippen LogP contribution >= 0.6 is 35.3 Å². The molecule has 2 heterocycles. The van der Waals surface area contributed by atoms with Gasteiger partial charge in [0.2, 0.25) is 0 Å². The lowest BCUT2D eigenvalue weighted by Crippen LogP contribution is -2.38. The van der Waals surface area contributed by atoms with Gasteiger partial charge in [0.25, 0.3) is 0 Å². The van der Waals surface area contributed by atoms with Gasteiger partial charge in [-0.2, -0.15) is 0 Å². The largest absolute Gasteiger partial charge is 0.355 e. The van der Waals surface area contributed by atoms with E-state index in [1.807, 2.05) is 0 Å². The van der Waals surface area contributed by atoms with Crippen LogP contribution in [0.5, 0.6) is 0 Å². The van der Waals surface area contributed by atoms with E-state index in [2.05, 4.69) is 68.4 Å². The van der Waals surface area contributed by atoms with Gasteiger partial charge in [0.1, 0.15) is 12.2 Å².